The van der Waals surface area contributed by atoms with Gasteiger partial charge in [0.25, 0.3) is 0 Å². The molecule has 2 rings (SSSR count). The van der Waals surface area contributed by atoms with Crippen LogP contribution in [0.15, 0.2) is 59.7 Å². The van der Waals surface area contributed by atoms with E-state index in [1.165, 1.54) is 0 Å². The summed E-state index contributed by atoms with van der Waals surface area (Å²) in [4.78, 5) is 0. The van der Waals surface area contributed by atoms with E-state index in [2.05, 4.69) is 10.5 Å². The first-order valence-corrected chi connectivity index (χ1v) is 7.04. The van der Waals surface area contributed by atoms with E-state index >= 15 is 0 Å². The molecule has 22 heavy (non-hydrogen) atoms. The number of hydrazone groups is 1. The minimum Gasteiger partial charge on any atom is -0.497 e. The lowest BCUT2D eigenvalue weighted by Crippen LogP contribution is -2.27. The Morgan fingerprint density at radius 2 is 1.86 bits per heavy atom. The van der Waals surface area contributed by atoms with Gasteiger partial charge in [-0.25, -0.2) is 0 Å². The van der Waals surface area contributed by atoms with Gasteiger partial charge in [-0.05, 0) is 24.4 Å². The minimum atomic E-state index is 0.106. The minimum absolute atomic E-state index is 0.106. The summed E-state index contributed by atoms with van der Waals surface area (Å²) in [7, 11) is 1.61. The van der Waals surface area contributed by atoms with E-state index in [4.69, 9.17) is 27.4 Å². The largest absolute Gasteiger partial charge is 0.497 e. The molecular weight excluding hydrogens is 298 g/mol. The fraction of sp³-hybridized carbons (Fsp3) is 0.125. The molecule has 0 aliphatic rings. The Bertz CT molecular complexity index is 659. The van der Waals surface area contributed by atoms with Gasteiger partial charge in [0, 0.05) is 11.6 Å². The zero-order valence-corrected chi connectivity index (χ0v) is 13.0. The van der Waals surface area contributed by atoms with Crippen LogP contribution in [0.2, 0.25) is 0 Å². The lowest BCUT2D eigenvalue weighted by Gasteiger charge is -2.10. The van der Waals surface area contributed by atoms with Crippen LogP contribution in [-0.2, 0) is 0 Å². The molecule has 0 saturated heterocycles. The molecule has 3 N–H and O–H groups in total. The molecule has 2 aromatic carbocycles. The van der Waals surface area contributed by atoms with Crippen molar-refractivity contribution in [2.24, 2.45) is 10.8 Å². The molecule has 0 aliphatic heterocycles. The summed E-state index contributed by atoms with van der Waals surface area (Å²) >= 11 is 4.78. The van der Waals surface area contributed by atoms with Gasteiger partial charge in [-0.3, -0.25) is 5.43 Å². The van der Waals surface area contributed by atoms with Crippen LogP contribution in [0.3, 0.4) is 0 Å². The van der Waals surface area contributed by atoms with Crippen LogP contribution in [0.1, 0.15) is 5.56 Å². The summed E-state index contributed by atoms with van der Waals surface area (Å²) in [6.45, 7) is 0.271. The maximum atomic E-state index is 5.76. The van der Waals surface area contributed by atoms with Crippen LogP contribution in [0, 0.1) is 0 Å². The summed E-state index contributed by atoms with van der Waals surface area (Å²) in [5, 5.41) is 4.30. The summed E-state index contributed by atoms with van der Waals surface area (Å²) < 4.78 is 10.9. The highest BCUT2D eigenvalue weighted by Gasteiger charge is 2.06. The first-order valence-electron chi connectivity index (χ1n) is 6.63. The van der Waals surface area contributed by atoms with Crippen LogP contribution in [0.5, 0.6) is 11.5 Å². The fourth-order valence-corrected chi connectivity index (χ4v) is 1.82. The molecule has 0 unspecified atom stereocenters. The average molecular weight is 315 g/mol. The molecule has 0 radical (unpaired) electrons. The van der Waals surface area contributed by atoms with Gasteiger partial charge >= 0.3 is 0 Å². The molecule has 0 heterocycles. The quantitative estimate of drug-likeness (QED) is 0.486. The van der Waals surface area contributed by atoms with Crippen molar-refractivity contribution in [3.05, 3.63) is 60.2 Å². The predicted octanol–water partition coefficient (Wildman–Crippen LogP) is 2.31. The molecule has 0 spiro atoms. The molecule has 2 aromatic rings. The average Bonchev–Trinajstić information content (AvgIpc) is 2.55. The van der Waals surface area contributed by atoms with Crippen LogP contribution in [0.25, 0.3) is 0 Å². The van der Waals surface area contributed by atoms with Gasteiger partial charge in [0.1, 0.15) is 23.8 Å². The molecular formula is C16H17N3O2S. The maximum absolute atomic E-state index is 5.76. The Labute approximate surface area is 134 Å². The summed E-state index contributed by atoms with van der Waals surface area (Å²) in [5.41, 5.74) is 9.63. The Kier molecular flexibility index (Phi) is 5.73. The van der Waals surface area contributed by atoms with E-state index in [9.17, 15) is 0 Å². The zero-order valence-electron chi connectivity index (χ0n) is 12.2. The molecule has 0 aliphatic carbocycles. The van der Waals surface area contributed by atoms with Crippen LogP contribution in [-0.4, -0.2) is 24.5 Å². The lowest BCUT2D eigenvalue weighted by atomic mass is 10.1. The van der Waals surface area contributed by atoms with E-state index in [1.807, 2.05) is 54.6 Å². The van der Waals surface area contributed by atoms with Gasteiger partial charge in [0.15, 0.2) is 5.11 Å². The first kappa shape index (κ1) is 15.8. The van der Waals surface area contributed by atoms with Gasteiger partial charge in [-0.1, -0.05) is 36.4 Å². The fourth-order valence-electron chi connectivity index (χ4n) is 1.78. The summed E-state index contributed by atoms with van der Waals surface area (Å²) in [6, 6.07) is 17.0. The number of ether oxygens (including phenoxy) is 2. The standard InChI is InChI=1S/C16H17N3O2S/c1-20-13-8-5-9-14(10-13)21-11-15(18-19-16(17)22)12-6-3-2-4-7-12/h2-10H,11H2,1H3,(H3,17,19,22). The molecule has 0 amide bonds. The molecule has 6 heteroatoms. The number of hydrogen-bond donors (Lipinski definition) is 2. The van der Waals surface area contributed by atoms with Crippen molar-refractivity contribution >= 4 is 23.0 Å². The number of hydrogen-bond acceptors (Lipinski definition) is 4. The van der Waals surface area contributed by atoms with E-state index in [1.54, 1.807) is 7.11 Å². The van der Waals surface area contributed by atoms with Gasteiger partial charge in [-0.2, -0.15) is 5.10 Å². The third-order valence-corrected chi connectivity index (χ3v) is 2.92. The third-order valence-electron chi connectivity index (χ3n) is 2.82. The van der Waals surface area contributed by atoms with E-state index in [0.29, 0.717) is 11.5 Å². The number of thiocarbonyl (C=S) groups is 1. The van der Waals surface area contributed by atoms with Crippen molar-refractivity contribution in [3.8, 4) is 11.5 Å². The second-order valence-electron chi connectivity index (χ2n) is 4.37. The van der Waals surface area contributed by atoms with E-state index in [-0.39, 0.29) is 11.7 Å². The number of rotatable bonds is 6. The highest BCUT2D eigenvalue weighted by atomic mass is 32.1. The normalized spacial score (nSPS) is 10.9. The topological polar surface area (TPSA) is 68.9 Å². The lowest BCUT2D eigenvalue weighted by molar-refractivity contribution is 0.368. The third kappa shape index (κ3) is 4.75. The van der Waals surface area contributed by atoms with Gasteiger partial charge in [0.2, 0.25) is 0 Å². The summed E-state index contributed by atoms with van der Waals surface area (Å²) in [6.07, 6.45) is 0. The number of nitrogens with zero attached hydrogens (tertiary/aromatic N) is 1. The zero-order chi connectivity index (χ0) is 15.8. The molecule has 0 atom stereocenters. The van der Waals surface area contributed by atoms with Gasteiger partial charge in [0.05, 0.1) is 7.11 Å². The number of nitrogens with one attached hydrogen (secondary N) is 1. The first-order chi connectivity index (χ1) is 10.7. The maximum Gasteiger partial charge on any atom is 0.184 e. The van der Waals surface area contributed by atoms with Crippen molar-refractivity contribution in [3.63, 3.8) is 0 Å². The van der Waals surface area contributed by atoms with Crippen molar-refractivity contribution < 1.29 is 9.47 Å². The highest BCUT2D eigenvalue weighted by molar-refractivity contribution is 7.80. The second-order valence-corrected chi connectivity index (χ2v) is 4.81. The van der Waals surface area contributed by atoms with Gasteiger partial charge in [-0.15, -0.1) is 0 Å². The summed E-state index contributed by atoms with van der Waals surface area (Å²) in [5.74, 6) is 1.43. The predicted molar refractivity (Wildman–Crippen MR) is 91.4 cm³/mol. The number of benzene rings is 2. The SMILES string of the molecule is COc1cccc(OCC(=NNC(N)=S)c2ccccc2)c1. The number of nitrogens with two attached hydrogens (primary N) is 1. The molecule has 0 fully saturated rings. The molecule has 114 valence electrons. The van der Waals surface area contributed by atoms with Crippen molar-refractivity contribution in [1.82, 2.24) is 5.43 Å². The van der Waals surface area contributed by atoms with Crippen LogP contribution >= 0.6 is 12.2 Å². The number of methoxy groups -OCH3 is 1. The second kappa shape index (κ2) is 7.99. The molecule has 5 nitrogen and oxygen atoms in total. The highest BCUT2D eigenvalue weighted by Crippen LogP contribution is 2.19. The van der Waals surface area contributed by atoms with E-state index < -0.39 is 0 Å². The Morgan fingerprint density at radius 3 is 2.55 bits per heavy atom. The van der Waals surface area contributed by atoms with Gasteiger partial charge < -0.3 is 15.2 Å². The van der Waals surface area contributed by atoms with Crippen molar-refractivity contribution in [2.75, 3.05) is 13.7 Å². The van der Waals surface area contributed by atoms with E-state index in [0.717, 1.165) is 11.3 Å². The smallest absolute Gasteiger partial charge is 0.184 e. The Balaban J connectivity index is 2.12. The molecule has 0 saturated carbocycles. The van der Waals surface area contributed by atoms with Crippen molar-refractivity contribution in [1.29, 1.82) is 0 Å². The van der Waals surface area contributed by atoms with Crippen LogP contribution in [0.4, 0.5) is 0 Å². The van der Waals surface area contributed by atoms with Crippen LogP contribution < -0.4 is 20.6 Å². The Morgan fingerprint density at radius 1 is 1.14 bits per heavy atom. The molecule has 0 aromatic heterocycles. The monoisotopic (exact) mass is 315 g/mol. The Hall–Kier alpha value is -2.60. The molecule has 0 bridgehead atoms. The van der Waals surface area contributed by atoms with Crippen molar-refractivity contribution in [2.45, 2.75) is 0 Å².